The topological polar surface area (TPSA) is 76.9 Å². The van der Waals surface area contributed by atoms with Crippen molar-refractivity contribution in [1.29, 1.82) is 5.26 Å². The summed E-state index contributed by atoms with van der Waals surface area (Å²) in [4.78, 5) is 4.07. The number of hydrogen-bond donors (Lipinski definition) is 1. The summed E-state index contributed by atoms with van der Waals surface area (Å²) < 4.78 is 36.0. The molecule has 0 bridgehead atoms. The predicted molar refractivity (Wildman–Crippen MR) is 127 cm³/mol. The summed E-state index contributed by atoms with van der Waals surface area (Å²) in [6, 6.07) is 16.2. The van der Waals surface area contributed by atoms with Crippen molar-refractivity contribution in [3.8, 4) is 17.2 Å². The molecule has 2 N–H and O–H groups in total. The van der Waals surface area contributed by atoms with Crippen LogP contribution in [0.4, 0.5) is 14.5 Å². The van der Waals surface area contributed by atoms with Gasteiger partial charge in [-0.2, -0.15) is 5.26 Å². The van der Waals surface area contributed by atoms with Gasteiger partial charge in [-0.15, -0.1) is 0 Å². The smallest absolute Gasteiger partial charge is 0.266 e. The number of nitrogens with zero attached hydrogens (tertiary/aromatic N) is 3. The van der Waals surface area contributed by atoms with Crippen molar-refractivity contribution in [1.82, 2.24) is 9.55 Å². The van der Waals surface area contributed by atoms with Crippen molar-refractivity contribution < 1.29 is 13.5 Å². The molecule has 34 heavy (non-hydrogen) atoms. The van der Waals surface area contributed by atoms with Gasteiger partial charge in [0.2, 0.25) is 0 Å². The van der Waals surface area contributed by atoms with Crippen LogP contribution in [0.3, 0.4) is 0 Å². The molecule has 0 radical (unpaired) electrons. The molecular weight excluding hydrogens is 434 g/mol. The zero-order valence-corrected chi connectivity index (χ0v) is 18.7. The molecule has 0 saturated heterocycles. The van der Waals surface area contributed by atoms with Gasteiger partial charge in [0.05, 0.1) is 41.8 Å². The van der Waals surface area contributed by atoms with Gasteiger partial charge in [0.25, 0.3) is 6.43 Å². The number of rotatable bonds is 6. The quantitative estimate of drug-likeness (QED) is 0.367. The fourth-order valence-electron chi connectivity index (χ4n) is 4.67. The van der Waals surface area contributed by atoms with Crippen molar-refractivity contribution >= 4 is 16.6 Å². The Morgan fingerprint density at radius 3 is 2.65 bits per heavy atom. The number of ether oxygens (including phenoxy) is 1. The van der Waals surface area contributed by atoms with Crippen LogP contribution in [0.15, 0.2) is 61.1 Å². The Balaban J connectivity index is 1.50. The van der Waals surface area contributed by atoms with Crippen LogP contribution in [0, 0.1) is 18.3 Å². The third kappa shape index (κ3) is 3.91. The van der Waals surface area contributed by atoms with E-state index in [0.29, 0.717) is 23.3 Å². The Morgan fingerprint density at radius 1 is 1.18 bits per heavy atom. The van der Waals surface area contributed by atoms with Gasteiger partial charge in [0, 0.05) is 40.5 Å². The Hall–Kier alpha value is -3.76. The summed E-state index contributed by atoms with van der Waals surface area (Å²) in [6.07, 6.45) is 3.61. The predicted octanol–water partition coefficient (Wildman–Crippen LogP) is 6.32. The van der Waals surface area contributed by atoms with E-state index in [0.717, 1.165) is 34.9 Å². The van der Waals surface area contributed by atoms with E-state index in [1.165, 1.54) is 12.4 Å². The third-order valence-corrected chi connectivity index (χ3v) is 6.62. The van der Waals surface area contributed by atoms with E-state index < -0.39 is 6.43 Å². The van der Waals surface area contributed by atoms with Gasteiger partial charge in [-0.1, -0.05) is 30.3 Å². The number of alkyl halides is 2. The summed E-state index contributed by atoms with van der Waals surface area (Å²) in [5, 5.41) is 10.3. The Morgan fingerprint density at radius 2 is 1.94 bits per heavy atom. The molecule has 172 valence electrons. The molecule has 1 fully saturated rings. The summed E-state index contributed by atoms with van der Waals surface area (Å²) in [5.74, 6) is 0. The molecule has 1 aliphatic rings. The van der Waals surface area contributed by atoms with Gasteiger partial charge in [-0.05, 0) is 43.0 Å². The number of hydrogen-bond acceptors (Lipinski definition) is 4. The first-order chi connectivity index (χ1) is 16.5. The summed E-state index contributed by atoms with van der Waals surface area (Å²) >= 11 is 0. The van der Waals surface area contributed by atoms with Gasteiger partial charge >= 0.3 is 0 Å². The highest BCUT2D eigenvalue weighted by Crippen LogP contribution is 2.43. The van der Waals surface area contributed by atoms with Crippen LogP contribution in [-0.2, 0) is 11.3 Å². The van der Waals surface area contributed by atoms with E-state index in [2.05, 4.69) is 15.6 Å². The lowest BCUT2D eigenvalue weighted by Crippen LogP contribution is -2.33. The van der Waals surface area contributed by atoms with Gasteiger partial charge in [0.15, 0.2) is 0 Å². The number of nitrogen functional groups attached to an aromatic ring is 1. The fourth-order valence-corrected chi connectivity index (χ4v) is 4.67. The molecule has 2 aromatic carbocycles. The molecule has 1 aliphatic carbocycles. The lowest BCUT2D eigenvalue weighted by Gasteiger charge is -2.36. The summed E-state index contributed by atoms with van der Waals surface area (Å²) in [6.45, 7) is 2.45. The number of pyridine rings is 1. The zero-order chi connectivity index (χ0) is 23.8. The van der Waals surface area contributed by atoms with Gasteiger partial charge in [0.1, 0.15) is 0 Å². The maximum atomic E-state index is 13.9. The lowest BCUT2D eigenvalue weighted by atomic mass is 9.88. The molecule has 0 amide bonds. The molecule has 7 heteroatoms. The van der Waals surface area contributed by atoms with E-state index in [9.17, 15) is 14.0 Å². The first kappa shape index (κ1) is 22.1. The first-order valence-electron chi connectivity index (χ1n) is 11.2. The molecular formula is C27H24F2N4O. The number of nitriles is 1. The van der Waals surface area contributed by atoms with Crippen LogP contribution >= 0.6 is 0 Å². The number of aryl methyl sites for hydroxylation is 1. The van der Waals surface area contributed by atoms with E-state index in [1.807, 2.05) is 49.5 Å². The van der Waals surface area contributed by atoms with E-state index in [4.69, 9.17) is 10.5 Å². The highest BCUT2D eigenvalue weighted by molar-refractivity contribution is 5.98. The van der Waals surface area contributed by atoms with Crippen LogP contribution in [0.1, 0.15) is 47.6 Å². The van der Waals surface area contributed by atoms with Crippen molar-refractivity contribution in [2.24, 2.45) is 0 Å². The minimum Gasteiger partial charge on any atom is -0.397 e. The fraction of sp³-hybridized carbons (Fsp3) is 0.259. The SMILES string of the molecule is Cc1cc2c(cc1C#N)c(-c1cncc(N)c1C(F)F)cn2[C@H]1C[C@@H](OCc2ccccc2)C1. The van der Waals surface area contributed by atoms with Crippen molar-refractivity contribution in [2.75, 3.05) is 5.73 Å². The molecule has 0 spiro atoms. The maximum Gasteiger partial charge on any atom is 0.266 e. The van der Waals surface area contributed by atoms with Crippen molar-refractivity contribution in [3.63, 3.8) is 0 Å². The van der Waals surface area contributed by atoms with Gasteiger partial charge in [-0.25, -0.2) is 8.78 Å². The first-order valence-corrected chi connectivity index (χ1v) is 11.2. The largest absolute Gasteiger partial charge is 0.397 e. The van der Waals surface area contributed by atoms with Crippen LogP contribution in [0.5, 0.6) is 0 Å². The monoisotopic (exact) mass is 458 g/mol. The maximum absolute atomic E-state index is 13.9. The average molecular weight is 459 g/mol. The highest BCUT2D eigenvalue weighted by Gasteiger charge is 2.33. The van der Waals surface area contributed by atoms with E-state index >= 15 is 0 Å². The van der Waals surface area contributed by atoms with E-state index in [-0.39, 0.29) is 23.4 Å². The molecule has 2 aromatic heterocycles. The van der Waals surface area contributed by atoms with Crippen LogP contribution in [0.2, 0.25) is 0 Å². The lowest BCUT2D eigenvalue weighted by molar-refractivity contribution is -0.0346. The number of benzene rings is 2. The highest BCUT2D eigenvalue weighted by atomic mass is 19.3. The van der Waals surface area contributed by atoms with Crippen molar-refractivity contribution in [3.05, 3.63) is 83.3 Å². The zero-order valence-electron chi connectivity index (χ0n) is 18.7. The number of fused-ring (bicyclic) bond motifs is 1. The Kier molecular flexibility index (Phi) is 5.76. The molecule has 0 unspecified atom stereocenters. The molecule has 0 atom stereocenters. The Bertz CT molecular complexity index is 1390. The molecule has 1 saturated carbocycles. The standard InChI is InChI=1S/C27H24F2N4O/c1-16-7-25-21(8-18(16)11-30)23(22-12-32-13-24(31)26(22)27(28)29)14-33(25)19-9-20(10-19)34-15-17-5-3-2-4-6-17/h2-8,12-14,19-20,27H,9-10,15,31H2,1H3/t19-,20+. The number of aromatic nitrogens is 2. The number of halogens is 2. The third-order valence-electron chi connectivity index (χ3n) is 6.62. The second-order valence-electron chi connectivity index (χ2n) is 8.78. The second kappa shape index (κ2) is 8.88. The number of nitrogens with two attached hydrogens (primary N) is 1. The molecule has 5 rings (SSSR count). The second-order valence-corrected chi connectivity index (χ2v) is 8.78. The number of anilines is 1. The minimum absolute atomic E-state index is 0.0426. The molecule has 4 aromatic rings. The van der Waals surface area contributed by atoms with Crippen molar-refractivity contribution in [2.45, 2.75) is 44.9 Å². The summed E-state index contributed by atoms with van der Waals surface area (Å²) in [5.41, 5.74) is 9.89. The molecule has 5 nitrogen and oxygen atoms in total. The average Bonchev–Trinajstić information content (AvgIpc) is 3.15. The summed E-state index contributed by atoms with van der Waals surface area (Å²) in [7, 11) is 0. The normalized spacial score (nSPS) is 17.6. The van der Waals surface area contributed by atoms with Gasteiger partial charge in [-0.3, -0.25) is 4.98 Å². The minimum atomic E-state index is -2.74. The van der Waals surface area contributed by atoms with Gasteiger partial charge < -0.3 is 15.0 Å². The van der Waals surface area contributed by atoms with Crippen LogP contribution < -0.4 is 5.73 Å². The van der Waals surface area contributed by atoms with E-state index in [1.54, 1.807) is 6.07 Å². The Labute approximate surface area is 196 Å². The molecule has 2 heterocycles. The molecule has 0 aliphatic heterocycles. The van der Waals surface area contributed by atoms with Crippen LogP contribution in [0.25, 0.3) is 22.0 Å². The van der Waals surface area contributed by atoms with Crippen LogP contribution in [-0.4, -0.2) is 15.7 Å².